The van der Waals surface area contributed by atoms with E-state index in [2.05, 4.69) is 45.7 Å². The first-order valence-electron chi connectivity index (χ1n) is 11.7. The van der Waals surface area contributed by atoms with Crippen molar-refractivity contribution in [3.63, 3.8) is 0 Å². The Morgan fingerprint density at radius 3 is 2.67 bits per heavy atom. The van der Waals surface area contributed by atoms with E-state index in [1.165, 1.54) is 12.5 Å². The van der Waals surface area contributed by atoms with Gasteiger partial charge in [0, 0.05) is 55.9 Å². The Bertz CT molecular complexity index is 1160. The van der Waals surface area contributed by atoms with Gasteiger partial charge in [0.1, 0.15) is 34.0 Å². The van der Waals surface area contributed by atoms with E-state index in [1.54, 1.807) is 6.07 Å². The molecule has 1 fully saturated rings. The van der Waals surface area contributed by atoms with Crippen molar-refractivity contribution in [2.75, 3.05) is 42.7 Å². The lowest BCUT2D eigenvalue weighted by atomic mass is 9.96. The monoisotopic (exact) mass is 586 g/mol. The summed E-state index contributed by atoms with van der Waals surface area (Å²) in [5.74, 6) is 2.75. The van der Waals surface area contributed by atoms with Gasteiger partial charge >= 0.3 is 6.18 Å². The molecule has 3 N–H and O–H groups in total. The number of aromatic nitrogens is 5. The Hall–Kier alpha value is -2.44. The van der Waals surface area contributed by atoms with Crippen LogP contribution in [0.25, 0.3) is 11.3 Å². The molecule has 194 valence electrons. The van der Waals surface area contributed by atoms with Crippen LogP contribution >= 0.6 is 27.5 Å². The third-order valence-electron chi connectivity index (χ3n) is 6.13. The summed E-state index contributed by atoms with van der Waals surface area (Å²) < 4.78 is 42.4. The largest absolute Gasteiger partial charge is 0.433 e. The predicted octanol–water partition coefficient (Wildman–Crippen LogP) is 4.70. The van der Waals surface area contributed by atoms with Crippen molar-refractivity contribution in [2.45, 2.75) is 37.9 Å². The molecule has 13 heteroatoms. The maximum absolute atomic E-state index is 13.2. The number of nitrogens with one attached hydrogen (secondary N) is 1. The highest BCUT2D eigenvalue weighted by Crippen LogP contribution is 2.35. The molecule has 1 aliphatic rings. The number of piperidine rings is 1. The number of nitrogen functional groups attached to an aromatic ring is 1. The number of nitrogens with zero attached hydrogens (tertiary/aromatic N) is 6. The molecule has 0 aromatic carbocycles. The van der Waals surface area contributed by atoms with Gasteiger partial charge in [0.05, 0.1) is 5.69 Å². The molecule has 3 aromatic rings. The van der Waals surface area contributed by atoms with E-state index in [9.17, 15) is 13.2 Å². The molecule has 0 radical (unpaired) electrons. The molecule has 0 atom stereocenters. The SMILES string of the molecule is Nc1ncnc(N2CCC(c3nc(-c4ccnc(C(F)(F)F)c4)cn3CCNCCCCl)CC2)c1Br. The molecule has 4 heterocycles. The lowest BCUT2D eigenvalue weighted by molar-refractivity contribution is -0.141. The molecule has 3 aromatic heterocycles. The second-order valence-electron chi connectivity index (χ2n) is 8.56. The van der Waals surface area contributed by atoms with Crippen LogP contribution in [0.2, 0.25) is 0 Å². The van der Waals surface area contributed by atoms with Crippen molar-refractivity contribution < 1.29 is 13.2 Å². The van der Waals surface area contributed by atoms with Crippen molar-refractivity contribution in [3.8, 4) is 11.3 Å². The zero-order chi connectivity index (χ0) is 25.7. The molecule has 8 nitrogen and oxygen atoms in total. The molecule has 1 aliphatic heterocycles. The Morgan fingerprint density at radius 2 is 1.94 bits per heavy atom. The molecular weight excluding hydrogens is 561 g/mol. The van der Waals surface area contributed by atoms with E-state index in [1.807, 2.05) is 6.20 Å². The molecule has 0 aliphatic carbocycles. The lowest BCUT2D eigenvalue weighted by Crippen LogP contribution is -2.35. The van der Waals surface area contributed by atoms with Gasteiger partial charge in [-0.1, -0.05) is 0 Å². The summed E-state index contributed by atoms with van der Waals surface area (Å²) in [7, 11) is 0. The Balaban J connectivity index is 1.55. The van der Waals surface area contributed by atoms with Gasteiger partial charge in [0.25, 0.3) is 0 Å². The van der Waals surface area contributed by atoms with E-state index in [-0.39, 0.29) is 5.92 Å². The minimum absolute atomic E-state index is 0.153. The number of hydrogen-bond donors (Lipinski definition) is 2. The normalized spacial score (nSPS) is 15.0. The van der Waals surface area contributed by atoms with E-state index in [4.69, 9.17) is 22.3 Å². The highest BCUT2D eigenvalue weighted by molar-refractivity contribution is 9.10. The van der Waals surface area contributed by atoms with Crippen LogP contribution in [0.5, 0.6) is 0 Å². The second-order valence-corrected chi connectivity index (χ2v) is 9.73. The van der Waals surface area contributed by atoms with Crippen molar-refractivity contribution in [2.24, 2.45) is 0 Å². The van der Waals surface area contributed by atoms with Gasteiger partial charge < -0.3 is 20.5 Å². The van der Waals surface area contributed by atoms with Gasteiger partial charge in [0.2, 0.25) is 0 Å². The smallest absolute Gasteiger partial charge is 0.383 e. The van der Waals surface area contributed by atoms with Crippen molar-refractivity contribution in [3.05, 3.63) is 46.8 Å². The van der Waals surface area contributed by atoms with Gasteiger partial charge in [-0.2, -0.15) is 13.2 Å². The van der Waals surface area contributed by atoms with Crippen LogP contribution in [0.3, 0.4) is 0 Å². The number of rotatable bonds is 9. The summed E-state index contributed by atoms with van der Waals surface area (Å²) in [6.07, 6.45) is 2.44. The number of alkyl halides is 4. The number of imidazole rings is 1. The van der Waals surface area contributed by atoms with Gasteiger partial charge in [-0.15, -0.1) is 11.6 Å². The third kappa shape index (κ3) is 6.27. The van der Waals surface area contributed by atoms with E-state index < -0.39 is 11.9 Å². The van der Waals surface area contributed by atoms with Gasteiger partial charge in [-0.25, -0.2) is 15.0 Å². The van der Waals surface area contributed by atoms with Crippen LogP contribution in [0, 0.1) is 0 Å². The van der Waals surface area contributed by atoms with Crippen molar-refractivity contribution in [1.82, 2.24) is 29.8 Å². The van der Waals surface area contributed by atoms with Crippen LogP contribution in [-0.2, 0) is 12.7 Å². The van der Waals surface area contributed by atoms with Crippen LogP contribution in [-0.4, -0.2) is 56.6 Å². The van der Waals surface area contributed by atoms with Gasteiger partial charge in [0.15, 0.2) is 0 Å². The van der Waals surface area contributed by atoms with Gasteiger partial charge in [-0.3, -0.25) is 4.98 Å². The third-order valence-corrected chi connectivity index (χ3v) is 7.16. The van der Waals surface area contributed by atoms with Crippen LogP contribution in [0.4, 0.5) is 24.8 Å². The predicted molar refractivity (Wildman–Crippen MR) is 137 cm³/mol. The van der Waals surface area contributed by atoms with Crippen LogP contribution < -0.4 is 16.0 Å². The fraction of sp³-hybridized carbons (Fsp3) is 0.478. The van der Waals surface area contributed by atoms with E-state index in [0.717, 1.165) is 56.6 Å². The quantitative estimate of drug-likeness (QED) is 0.277. The zero-order valence-corrected chi connectivity index (χ0v) is 21.8. The van der Waals surface area contributed by atoms with Crippen LogP contribution in [0.1, 0.15) is 36.7 Å². The maximum atomic E-state index is 13.2. The maximum Gasteiger partial charge on any atom is 0.433 e. The van der Waals surface area contributed by atoms with Crippen LogP contribution in [0.15, 0.2) is 35.3 Å². The Kier molecular flexibility index (Phi) is 8.68. The fourth-order valence-electron chi connectivity index (χ4n) is 4.28. The summed E-state index contributed by atoms with van der Waals surface area (Å²) in [6, 6.07) is 2.61. The van der Waals surface area contributed by atoms with Gasteiger partial charge in [-0.05, 0) is 53.9 Å². The van der Waals surface area contributed by atoms with Crippen molar-refractivity contribution >= 4 is 39.2 Å². The molecule has 0 amide bonds. The first kappa shape index (κ1) is 26.6. The molecule has 0 bridgehead atoms. The molecule has 1 saturated heterocycles. The minimum atomic E-state index is -4.51. The summed E-state index contributed by atoms with van der Waals surface area (Å²) in [5, 5.41) is 3.35. The summed E-state index contributed by atoms with van der Waals surface area (Å²) in [6.45, 7) is 3.63. The molecule has 0 unspecified atom stereocenters. The van der Waals surface area contributed by atoms with E-state index >= 15 is 0 Å². The number of halogens is 5. The Labute approximate surface area is 220 Å². The average molecular weight is 588 g/mol. The fourth-order valence-corrected chi connectivity index (χ4v) is 4.87. The summed E-state index contributed by atoms with van der Waals surface area (Å²) in [5.41, 5.74) is 5.88. The molecule has 36 heavy (non-hydrogen) atoms. The zero-order valence-electron chi connectivity index (χ0n) is 19.5. The van der Waals surface area contributed by atoms with E-state index in [0.29, 0.717) is 40.5 Å². The highest BCUT2D eigenvalue weighted by Gasteiger charge is 2.33. The molecule has 4 rings (SSSR count). The first-order valence-corrected chi connectivity index (χ1v) is 13.0. The number of hydrogen-bond acceptors (Lipinski definition) is 7. The molecule has 0 saturated carbocycles. The molecule has 0 spiro atoms. The number of nitrogens with two attached hydrogens (primary N) is 1. The second kappa shape index (κ2) is 11.7. The summed E-state index contributed by atoms with van der Waals surface area (Å²) >= 11 is 9.23. The lowest BCUT2D eigenvalue weighted by Gasteiger charge is -2.33. The van der Waals surface area contributed by atoms with Crippen molar-refractivity contribution in [1.29, 1.82) is 0 Å². The highest BCUT2D eigenvalue weighted by atomic mass is 79.9. The first-order chi connectivity index (χ1) is 17.3. The molecular formula is C23H27BrClF3N8. The average Bonchev–Trinajstić information content (AvgIpc) is 3.29. The number of anilines is 2. The minimum Gasteiger partial charge on any atom is -0.383 e. The topological polar surface area (TPSA) is 97.8 Å². The standard InChI is InChI=1S/C23H27BrClF3N8/c24-19-20(29)32-14-33-22(19)35-9-3-15(4-10-35)21-34-17(13-36(21)11-8-30-6-1-5-25)16-2-7-31-18(12-16)23(26,27)28/h2,7,12-15,30H,1,3-6,8-11H2,(H2,29,32,33). The number of pyridine rings is 1. The Morgan fingerprint density at radius 1 is 1.17 bits per heavy atom. The summed E-state index contributed by atoms with van der Waals surface area (Å²) in [4.78, 5) is 18.8.